The van der Waals surface area contributed by atoms with Gasteiger partial charge in [-0.3, -0.25) is 10.1 Å². The minimum atomic E-state index is -1.09. The summed E-state index contributed by atoms with van der Waals surface area (Å²) in [4.78, 5) is 30.4. The van der Waals surface area contributed by atoms with Crippen LogP contribution in [0.1, 0.15) is 11.6 Å². The van der Waals surface area contributed by atoms with Gasteiger partial charge in [0.1, 0.15) is 12.6 Å². The Bertz CT molecular complexity index is 393. The topological polar surface area (TPSA) is 102 Å². The highest BCUT2D eigenvalue weighted by molar-refractivity contribution is 5.42. The fourth-order valence-corrected chi connectivity index (χ4v) is 1.19. The Hall–Kier alpha value is -2.18. The van der Waals surface area contributed by atoms with E-state index < -0.39 is 17.5 Å². The standard InChI is InChI=1S/C8H7N3O4/c12-9-5-7(10-13)6-3-1-2-4-8(6)11(14)15/h1-4,7H,5H2. The van der Waals surface area contributed by atoms with Gasteiger partial charge in [-0.1, -0.05) is 22.5 Å². The van der Waals surface area contributed by atoms with Crippen molar-refractivity contribution in [2.45, 2.75) is 6.04 Å². The molecule has 0 saturated carbocycles. The van der Waals surface area contributed by atoms with Gasteiger partial charge in [-0.25, -0.2) is 0 Å². The third-order valence-electron chi connectivity index (χ3n) is 1.87. The lowest BCUT2D eigenvalue weighted by atomic mass is 10.1. The highest BCUT2D eigenvalue weighted by atomic mass is 16.6. The molecular formula is C8H7N3O4. The molecule has 7 heteroatoms. The molecule has 7 nitrogen and oxygen atoms in total. The molecule has 1 aromatic rings. The van der Waals surface area contributed by atoms with Crippen LogP contribution in [0.25, 0.3) is 0 Å². The van der Waals surface area contributed by atoms with E-state index in [0.717, 1.165) is 0 Å². The van der Waals surface area contributed by atoms with Crippen LogP contribution in [0, 0.1) is 19.9 Å². The lowest BCUT2D eigenvalue weighted by molar-refractivity contribution is -0.385. The van der Waals surface area contributed by atoms with Crippen LogP contribution in [0.5, 0.6) is 0 Å². The zero-order valence-electron chi connectivity index (χ0n) is 7.57. The van der Waals surface area contributed by atoms with Gasteiger partial charge in [0, 0.05) is 6.07 Å². The van der Waals surface area contributed by atoms with E-state index in [-0.39, 0.29) is 11.3 Å². The molecular weight excluding hydrogens is 202 g/mol. The summed E-state index contributed by atoms with van der Waals surface area (Å²) in [6.45, 7) is -0.394. The van der Waals surface area contributed by atoms with Crippen LogP contribution >= 0.6 is 0 Å². The van der Waals surface area contributed by atoms with Gasteiger partial charge in [0.05, 0.1) is 10.5 Å². The summed E-state index contributed by atoms with van der Waals surface area (Å²) in [5, 5.41) is 15.8. The number of hydrogen-bond donors (Lipinski definition) is 0. The van der Waals surface area contributed by atoms with E-state index in [0.29, 0.717) is 0 Å². The van der Waals surface area contributed by atoms with Crippen molar-refractivity contribution in [1.82, 2.24) is 0 Å². The smallest absolute Gasteiger partial charge is 0.258 e. The van der Waals surface area contributed by atoms with Crippen LogP contribution in [0.4, 0.5) is 5.69 Å². The zero-order chi connectivity index (χ0) is 11.3. The third-order valence-corrected chi connectivity index (χ3v) is 1.87. The van der Waals surface area contributed by atoms with Crippen molar-refractivity contribution in [2.24, 2.45) is 10.4 Å². The van der Waals surface area contributed by atoms with Crippen molar-refractivity contribution in [1.29, 1.82) is 0 Å². The molecule has 15 heavy (non-hydrogen) atoms. The van der Waals surface area contributed by atoms with Crippen LogP contribution in [0.2, 0.25) is 0 Å². The van der Waals surface area contributed by atoms with E-state index in [1.54, 1.807) is 0 Å². The Balaban J connectivity index is 3.15. The normalized spacial score (nSPS) is 11.7. The predicted molar refractivity (Wildman–Crippen MR) is 52.3 cm³/mol. The Morgan fingerprint density at radius 1 is 1.33 bits per heavy atom. The lowest BCUT2D eigenvalue weighted by Crippen LogP contribution is -2.03. The van der Waals surface area contributed by atoms with Gasteiger partial charge < -0.3 is 0 Å². The molecule has 0 aliphatic rings. The Kier molecular flexibility index (Phi) is 3.55. The first-order valence-electron chi connectivity index (χ1n) is 4.05. The van der Waals surface area contributed by atoms with Crippen LogP contribution in [-0.2, 0) is 0 Å². The van der Waals surface area contributed by atoms with Gasteiger partial charge in [-0.15, -0.1) is 0 Å². The Morgan fingerprint density at radius 3 is 2.53 bits per heavy atom. The summed E-state index contributed by atoms with van der Waals surface area (Å²) in [6, 6.07) is 4.54. The number of nitro groups is 1. The van der Waals surface area contributed by atoms with Crippen molar-refractivity contribution < 1.29 is 4.92 Å². The molecule has 1 aromatic carbocycles. The van der Waals surface area contributed by atoms with Crippen molar-refractivity contribution >= 4 is 5.69 Å². The molecule has 78 valence electrons. The van der Waals surface area contributed by atoms with E-state index in [1.165, 1.54) is 24.3 Å². The second-order valence-corrected chi connectivity index (χ2v) is 2.75. The number of para-hydroxylation sites is 1. The minimum absolute atomic E-state index is 0.108. The van der Waals surface area contributed by atoms with Gasteiger partial charge >= 0.3 is 0 Å². The van der Waals surface area contributed by atoms with Gasteiger partial charge in [-0.2, -0.15) is 9.81 Å². The summed E-state index contributed by atoms with van der Waals surface area (Å²) in [6.07, 6.45) is 0. The summed E-state index contributed by atoms with van der Waals surface area (Å²) in [5.41, 5.74) is -0.122. The molecule has 1 rings (SSSR count). The monoisotopic (exact) mass is 209 g/mol. The summed E-state index contributed by atoms with van der Waals surface area (Å²) in [5.74, 6) is 0. The van der Waals surface area contributed by atoms with Crippen LogP contribution < -0.4 is 0 Å². The summed E-state index contributed by atoms with van der Waals surface area (Å²) < 4.78 is 0. The van der Waals surface area contributed by atoms with Crippen LogP contribution in [-0.4, -0.2) is 11.5 Å². The predicted octanol–water partition coefficient (Wildman–Crippen LogP) is 2.17. The van der Waals surface area contributed by atoms with Crippen LogP contribution in [0.15, 0.2) is 34.6 Å². The maximum absolute atomic E-state index is 10.6. The third kappa shape index (κ3) is 2.39. The van der Waals surface area contributed by atoms with Crippen molar-refractivity contribution in [2.75, 3.05) is 6.54 Å². The van der Waals surface area contributed by atoms with E-state index in [1.807, 2.05) is 0 Å². The minimum Gasteiger partial charge on any atom is -0.258 e. The maximum atomic E-state index is 10.6. The molecule has 1 unspecified atom stereocenters. The molecule has 0 heterocycles. The SMILES string of the molecule is O=NCC(N=O)c1ccccc1[N+](=O)[O-]. The van der Waals surface area contributed by atoms with E-state index in [4.69, 9.17) is 0 Å². The second kappa shape index (κ2) is 4.89. The first-order chi connectivity index (χ1) is 7.20. The Labute approximate surface area is 84.2 Å². The zero-order valence-corrected chi connectivity index (χ0v) is 7.57. The van der Waals surface area contributed by atoms with Crippen molar-refractivity contribution in [3.05, 3.63) is 49.8 Å². The van der Waals surface area contributed by atoms with E-state index in [2.05, 4.69) is 10.4 Å². The number of nitrogens with zero attached hydrogens (tertiary/aromatic N) is 3. The molecule has 0 fully saturated rings. The number of hydrogen-bond acceptors (Lipinski definition) is 6. The van der Waals surface area contributed by atoms with Gasteiger partial charge in [0.25, 0.3) is 5.69 Å². The second-order valence-electron chi connectivity index (χ2n) is 2.75. The molecule has 0 N–H and O–H groups in total. The quantitative estimate of drug-likeness (QED) is 0.421. The molecule has 0 bridgehead atoms. The first kappa shape index (κ1) is 10.9. The molecule has 0 amide bonds. The van der Waals surface area contributed by atoms with Gasteiger partial charge in [0.15, 0.2) is 0 Å². The average molecular weight is 209 g/mol. The summed E-state index contributed by atoms with van der Waals surface area (Å²) >= 11 is 0. The number of benzene rings is 1. The maximum Gasteiger partial charge on any atom is 0.274 e. The van der Waals surface area contributed by atoms with Crippen molar-refractivity contribution in [3.63, 3.8) is 0 Å². The molecule has 0 aromatic heterocycles. The van der Waals surface area contributed by atoms with E-state index in [9.17, 15) is 19.9 Å². The molecule has 1 atom stereocenters. The number of nitro benzene ring substituents is 1. The molecule has 0 spiro atoms. The molecule has 0 saturated heterocycles. The number of nitroso groups, excluding NO2 is 2. The van der Waals surface area contributed by atoms with Crippen LogP contribution in [0.3, 0.4) is 0 Å². The molecule has 0 aliphatic heterocycles. The van der Waals surface area contributed by atoms with E-state index >= 15 is 0 Å². The van der Waals surface area contributed by atoms with Gasteiger partial charge in [-0.05, 0) is 6.07 Å². The lowest BCUT2D eigenvalue weighted by Gasteiger charge is -2.04. The molecule has 0 aliphatic carbocycles. The Morgan fingerprint density at radius 2 is 2.00 bits per heavy atom. The number of rotatable bonds is 5. The highest BCUT2D eigenvalue weighted by Gasteiger charge is 2.22. The average Bonchev–Trinajstić information content (AvgIpc) is 2.26. The highest BCUT2D eigenvalue weighted by Crippen LogP contribution is 2.27. The van der Waals surface area contributed by atoms with Crippen molar-refractivity contribution in [3.8, 4) is 0 Å². The largest absolute Gasteiger partial charge is 0.274 e. The molecule has 0 radical (unpaired) electrons. The summed E-state index contributed by atoms with van der Waals surface area (Å²) in [7, 11) is 0. The van der Waals surface area contributed by atoms with Gasteiger partial charge in [0.2, 0.25) is 0 Å². The fourth-order valence-electron chi connectivity index (χ4n) is 1.19. The fraction of sp³-hybridized carbons (Fsp3) is 0.250. The first-order valence-corrected chi connectivity index (χ1v) is 4.05.